The van der Waals surface area contributed by atoms with E-state index in [2.05, 4.69) is 26.6 Å². The second kappa shape index (κ2) is 5.38. The number of benzene rings is 1. The van der Waals surface area contributed by atoms with Crippen LogP contribution in [0.3, 0.4) is 0 Å². The molecule has 0 radical (unpaired) electrons. The van der Waals surface area contributed by atoms with E-state index in [0.717, 1.165) is 10.2 Å². The zero-order chi connectivity index (χ0) is 14.1. The van der Waals surface area contributed by atoms with E-state index >= 15 is 0 Å². The van der Waals surface area contributed by atoms with Gasteiger partial charge in [0.15, 0.2) is 14.9 Å². The van der Waals surface area contributed by atoms with Gasteiger partial charge in [0, 0.05) is 10.2 Å². The Bertz CT molecular complexity index is 604. The minimum atomic E-state index is -2.94. The molecule has 1 atom stereocenters. The maximum atomic E-state index is 11.5. The van der Waals surface area contributed by atoms with Gasteiger partial charge < -0.3 is 10.6 Å². The van der Waals surface area contributed by atoms with Gasteiger partial charge in [-0.15, -0.1) is 0 Å². The summed E-state index contributed by atoms with van der Waals surface area (Å²) in [6.07, 6.45) is 0.579. The van der Waals surface area contributed by atoms with E-state index in [1.165, 1.54) is 0 Å². The van der Waals surface area contributed by atoms with E-state index in [1.54, 1.807) is 0 Å². The predicted molar refractivity (Wildman–Crippen MR) is 85.2 cm³/mol. The third kappa shape index (κ3) is 4.15. The second-order valence-corrected chi connectivity index (χ2v) is 8.50. The molecule has 1 aliphatic rings. The van der Waals surface area contributed by atoms with Crippen LogP contribution in [0.25, 0.3) is 0 Å². The molecule has 0 aliphatic carbocycles. The molecule has 1 heterocycles. The van der Waals surface area contributed by atoms with Gasteiger partial charge in [0.2, 0.25) is 0 Å². The van der Waals surface area contributed by atoms with Gasteiger partial charge in [-0.05, 0) is 43.8 Å². The second-order valence-electron chi connectivity index (χ2n) is 4.99. The van der Waals surface area contributed by atoms with Crippen LogP contribution >= 0.6 is 28.1 Å². The Labute approximate surface area is 127 Å². The monoisotopic (exact) mass is 362 g/mol. The van der Waals surface area contributed by atoms with Crippen molar-refractivity contribution >= 4 is 48.8 Å². The van der Waals surface area contributed by atoms with Crippen LogP contribution in [-0.4, -0.2) is 30.6 Å². The molecule has 2 rings (SSSR count). The van der Waals surface area contributed by atoms with E-state index in [-0.39, 0.29) is 11.5 Å². The summed E-state index contributed by atoms with van der Waals surface area (Å²) in [7, 11) is -2.94. The largest absolute Gasteiger partial charge is 0.356 e. The molecule has 7 heteroatoms. The van der Waals surface area contributed by atoms with Crippen LogP contribution in [0.1, 0.15) is 13.3 Å². The van der Waals surface area contributed by atoms with Gasteiger partial charge in [0.05, 0.1) is 17.0 Å². The van der Waals surface area contributed by atoms with Gasteiger partial charge in [-0.1, -0.05) is 22.0 Å². The van der Waals surface area contributed by atoms with Crippen LogP contribution in [0.15, 0.2) is 28.7 Å². The molecule has 2 N–H and O–H groups in total. The van der Waals surface area contributed by atoms with Crippen molar-refractivity contribution in [2.75, 3.05) is 16.8 Å². The van der Waals surface area contributed by atoms with Crippen molar-refractivity contribution < 1.29 is 8.42 Å². The van der Waals surface area contributed by atoms with Crippen LogP contribution in [0.4, 0.5) is 5.69 Å². The molecule has 4 nitrogen and oxygen atoms in total. The molecule has 0 bridgehead atoms. The smallest absolute Gasteiger partial charge is 0.171 e. The molecule has 1 aromatic carbocycles. The lowest BCUT2D eigenvalue weighted by atomic mass is 10.0. The summed E-state index contributed by atoms with van der Waals surface area (Å²) < 4.78 is 24.0. The number of thiocarbonyl (C=S) groups is 1. The maximum Gasteiger partial charge on any atom is 0.171 e. The standard InChI is InChI=1S/C12H15BrN2O2S2/c1-12(5-6-19(16,17)8-12)15-11(18)14-10-4-2-3-9(13)7-10/h2-4,7H,5-6,8H2,1H3,(H2,14,15,18). The molecule has 1 aromatic rings. The fourth-order valence-corrected chi connectivity index (χ4v) is 4.97. The number of hydrogen-bond acceptors (Lipinski definition) is 3. The number of rotatable bonds is 2. The molecular weight excluding hydrogens is 348 g/mol. The van der Waals surface area contributed by atoms with Crippen LogP contribution in [0, 0.1) is 0 Å². The van der Waals surface area contributed by atoms with Crippen molar-refractivity contribution in [3.63, 3.8) is 0 Å². The number of hydrogen-bond donors (Lipinski definition) is 2. The van der Waals surface area contributed by atoms with Crippen LogP contribution in [0.2, 0.25) is 0 Å². The highest BCUT2D eigenvalue weighted by Gasteiger charge is 2.38. The summed E-state index contributed by atoms with van der Waals surface area (Å²) in [6.45, 7) is 1.88. The lowest BCUT2D eigenvalue weighted by Gasteiger charge is -2.26. The van der Waals surface area contributed by atoms with Crippen molar-refractivity contribution in [3.8, 4) is 0 Å². The first kappa shape index (κ1) is 14.7. The first-order valence-corrected chi connectivity index (χ1v) is 8.85. The molecule has 1 saturated heterocycles. The van der Waals surface area contributed by atoms with Crippen molar-refractivity contribution in [1.82, 2.24) is 5.32 Å². The Morgan fingerprint density at radius 2 is 2.21 bits per heavy atom. The molecule has 0 aromatic heterocycles. The van der Waals surface area contributed by atoms with Crippen molar-refractivity contribution in [3.05, 3.63) is 28.7 Å². The van der Waals surface area contributed by atoms with Crippen LogP contribution in [0.5, 0.6) is 0 Å². The molecule has 0 spiro atoms. The summed E-state index contributed by atoms with van der Waals surface area (Å²) in [5.74, 6) is 0.344. The minimum absolute atomic E-state index is 0.125. The lowest BCUT2D eigenvalue weighted by molar-refractivity contribution is 0.474. The summed E-state index contributed by atoms with van der Waals surface area (Å²) in [5.41, 5.74) is 0.380. The van der Waals surface area contributed by atoms with Crippen LogP contribution < -0.4 is 10.6 Å². The first-order valence-electron chi connectivity index (χ1n) is 5.83. The zero-order valence-corrected chi connectivity index (χ0v) is 13.7. The van der Waals surface area contributed by atoms with E-state index in [0.29, 0.717) is 11.5 Å². The molecule has 1 aliphatic heterocycles. The van der Waals surface area contributed by atoms with Gasteiger partial charge in [0.1, 0.15) is 0 Å². The van der Waals surface area contributed by atoms with Gasteiger partial charge in [-0.3, -0.25) is 0 Å². The van der Waals surface area contributed by atoms with E-state index in [9.17, 15) is 8.42 Å². The average molecular weight is 363 g/mol. The predicted octanol–water partition coefficient (Wildman–Crippen LogP) is 2.31. The summed E-state index contributed by atoms with van der Waals surface area (Å²) in [4.78, 5) is 0. The lowest BCUT2D eigenvalue weighted by Crippen LogP contribution is -2.48. The molecule has 0 saturated carbocycles. The number of halogens is 1. The number of sulfone groups is 1. The van der Waals surface area contributed by atoms with Crippen LogP contribution in [-0.2, 0) is 9.84 Å². The molecular formula is C12H15BrN2O2S2. The SMILES string of the molecule is CC1(NC(=S)Nc2cccc(Br)c2)CCS(=O)(=O)C1. The Morgan fingerprint density at radius 3 is 2.79 bits per heavy atom. The fourth-order valence-electron chi connectivity index (χ4n) is 2.11. The topological polar surface area (TPSA) is 58.2 Å². The highest BCUT2D eigenvalue weighted by Crippen LogP contribution is 2.23. The molecule has 19 heavy (non-hydrogen) atoms. The zero-order valence-electron chi connectivity index (χ0n) is 10.4. The van der Waals surface area contributed by atoms with Gasteiger partial charge in [-0.2, -0.15) is 0 Å². The van der Waals surface area contributed by atoms with E-state index in [4.69, 9.17) is 12.2 Å². The molecule has 1 fully saturated rings. The van der Waals surface area contributed by atoms with Gasteiger partial charge in [-0.25, -0.2) is 8.42 Å². The van der Waals surface area contributed by atoms with E-state index < -0.39 is 15.4 Å². The fraction of sp³-hybridized carbons (Fsp3) is 0.417. The third-order valence-electron chi connectivity index (χ3n) is 3.00. The number of nitrogens with one attached hydrogen (secondary N) is 2. The van der Waals surface area contributed by atoms with Crippen molar-refractivity contribution in [1.29, 1.82) is 0 Å². The molecule has 0 amide bonds. The Hall–Kier alpha value is -0.660. The minimum Gasteiger partial charge on any atom is -0.356 e. The highest BCUT2D eigenvalue weighted by molar-refractivity contribution is 9.10. The number of anilines is 1. The van der Waals surface area contributed by atoms with Gasteiger partial charge in [0.25, 0.3) is 0 Å². The Balaban J connectivity index is 1.99. The third-order valence-corrected chi connectivity index (χ3v) is 5.60. The highest BCUT2D eigenvalue weighted by atomic mass is 79.9. The summed E-state index contributed by atoms with van der Waals surface area (Å²) in [6, 6.07) is 7.62. The Kier molecular flexibility index (Phi) is 4.17. The molecule has 104 valence electrons. The quantitative estimate of drug-likeness (QED) is 0.790. The maximum absolute atomic E-state index is 11.5. The summed E-state index contributed by atoms with van der Waals surface area (Å²) in [5, 5.41) is 6.60. The average Bonchev–Trinajstić information content (AvgIpc) is 2.52. The first-order chi connectivity index (χ1) is 8.78. The summed E-state index contributed by atoms with van der Waals surface area (Å²) >= 11 is 8.61. The van der Waals surface area contributed by atoms with Crippen molar-refractivity contribution in [2.24, 2.45) is 0 Å². The normalized spacial score (nSPS) is 24.9. The Morgan fingerprint density at radius 1 is 1.47 bits per heavy atom. The van der Waals surface area contributed by atoms with E-state index in [1.807, 2.05) is 31.2 Å². The van der Waals surface area contributed by atoms with Gasteiger partial charge >= 0.3 is 0 Å². The molecule has 1 unspecified atom stereocenters. The van der Waals surface area contributed by atoms with Crippen molar-refractivity contribution in [2.45, 2.75) is 18.9 Å².